The standard InChI is InChI=1S/C15H27N3O2/c1-5-16-6-8-17(9-7-16)14(20)12-10-13(19)18(11-12)15(2,3)4/h12H,5-11H2,1-4H3. The molecule has 0 aromatic heterocycles. The van der Waals surface area contributed by atoms with Crippen molar-refractivity contribution in [2.24, 2.45) is 5.92 Å². The van der Waals surface area contributed by atoms with Gasteiger partial charge in [0.05, 0.1) is 5.92 Å². The number of carbonyl (C=O) groups excluding carboxylic acids is 2. The van der Waals surface area contributed by atoms with Crippen molar-refractivity contribution in [3.05, 3.63) is 0 Å². The lowest BCUT2D eigenvalue weighted by Gasteiger charge is -2.36. The molecule has 0 aromatic carbocycles. The highest BCUT2D eigenvalue weighted by Gasteiger charge is 2.41. The molecule has 2 fully saturated rings. The van der Waals surface area contributed by atoms with Crippen molar-refractivity contribution in [3.8, 4) is 0 Å². The third kappa shape index (κ3) is 3.14. The summed E-state index contributed by atoms with van der Waals surface area (Å²) in [6.07, 6.45) is 0.379. The molecule has 2 heterocycles. The quantitative estimate of drug-likeness (QED) is 0.752. The van der Waals surface area contributed by atoms with Crippen LogP contribution < -0.4 is 0 Å². The smallest absolute Gasteiger partial charge is 0.228 e. The molecule has 0 saturated carbocycles. The second kappa shape index (κ2) is 5.72. The molecule has 1 atom stereocenters. The van der Waals surface area contributed by atoms with E-state index in [2.05, 4.69) is 11.8 Å². The first-order valence-electron chi connectivity index (χ1n) is 7.64. The summed E-state index contributed by atoms with van der Waals surface area (Å²) in [5.41, 5.74) is -0.187. The lowest BCUT2D eigenvalue weighted by atomic mass is 10.1. The molecule has 2 aliphatic rings. The van der Waals surface area contributed by atoms with Crippen LogP contribution in [0.5, 0.6) is 0 Å². The summed E-state index contributed by atoms with van der Waals surface area (Å²) in [5, 5.41) is 0. The summed E-state index contributed by atoms with van der Waals surface area (Å²) >= 11 is 0. The lowest BCUT2D eigenvalue weighted by Crippen LogP contribution is -2.50. The molecule has 5 nitrogen and oxygen atoms in total. The van der Waals surface area contributed by atoms with Crippen molar-refractivity contribution in [2.45, 2.75) is 39.7 Å². The molecule has 2 rings (SSSR count). The predicted octanol–water partition coefficient (Wildman–Crippen LogP) is 0.798. The molecule has 0 spiro atoms. The van der Waals surface area contributed by atoms with E-state index < -0.39 is 0 Å². The Morgan fingerprint density at radius 1 is 1.20 bits per heavy atom. The molecule has 0 radical (unpaired) electrons. The number of likely N-dealkylation sites (tertiary alicyclic amines) is 1. The number of hydrogen-bond acceptors (Lipinski definition) is 3. The fourth-order valence-corrected chi connectivity index (χ4v) is 3.06. The zero-order valence-corrected chi connectivity index (χ0v) is 13.2. The van der Waals surface area contributed by atoms with Crippen LogP contribution in [0.15, 0.2) is 0 Å². The summed E-state index contributed by atoms with van der Waals surface area (Å²) in [7, 11) is 0. The summed E-state index contributed by atoms with van der Waals surface area (Å²) < 4.78 is 0. The normalized spacial score (nSPS) is 25.4. The molecule has 0 aromatic rings. The molecule has 0 aliphatic carbocycles. The van der Waals surface area contributed by atoms with Gasteiger partial charge in [-0.3, -0.25) is 9.59 Å². The molecule has 2 amide bonds. The minimum atomic E-state index is -0.187. The van der Waals surface area contributed by atoms with Gasteiger partial charge in [-0.05, 0) is 27.3 Å². The summed E-state index contributed by atoms with van der Waals surface area (Å²) in [6.45, 7) is 13.3. The van der Waals surface area contributed by atoms with Gasteiger partial charge in [-0.1, -0.05) is 6.92 Å². The van der Waals surface area contributed by atoms with E-state index >= 15 is 0 Å². The van der Waals surface area contributed by atoms with Crippen molar-refractivity contribution < 1.29 is 9.59 Å². The maximum absolute atomic E-state index is 12.5. The molecule has 1 unspecified atom stereocenters. The average Bonchev–Trinajstić information content (AvgIpc) is 2.80. The van der Waals surface area contributed by atoms with E-state index in [1.165, 1.54) is 0 Å². The van der Waals surface area contributed by atoms with E-state index in [-0.39, 0.29) is 23.3 Å². The Balaban J connectivity index is 1.93. The number of carbonyl (C=O) groups is 2. The third-order valence-electron chi connectivity index (χ3n) is 4.42. The van der Waals surface area contributed by atoms with E-state index in [1.54, 1.807) is 0 Å². The number of piperazine rings is 1. The number of hydrogen-bond donors (Lipinski definition) is 0. The van der Waals surface area contributed by atoms with Crippen molar-refractivity contribution in [2.75, 3.05) is 39.3 Å². The second-order valence-electron chi connectivity index (χ2n) is 6.84. The van der Waals surface area contributed by atoms with Gasteiger partial charge in [0.25, 0.3) is 0 Å². The van der Waals surface area contributed by atoms with Crippen LogP contribution >= 0.6 is 0 Å². The van der Waals surface area contributed by atoms with E-state index in [9.17, 15) is 9.59 Å². The van der Waals surface area contributed by atoms with Gasteiger partial charge >= 0.3 is 0 Å². The second-order valence-corrected chi connectivity index (χ2v) is 6.84. The minimum absolute atomic E-state index is 0.114. The Hall–Kier alpha value is -1.10. The van der Waals surface area contributed by atoms with Crippen LogP contribution in [0.4, 0.5) is 0 Å². The van der Waals surface area contributed by atoms with Crippen molar-refractivity contribution in [3.63, 3.8) is 0 Å². The molecule has 0 bridgehead atoms. The van der Waals surface area contributed by atoms with Crippen LogP contribution in [-0.2, 0) is 9.59 Å². The summed E-state index contributed by atoms with van der Waals surface area (Å²) in [6, 6.07) is 0. The van der Waals surface area contributed by atoms with Gasteiger partial charge in [-0.25, -0.2) is 0 Å². The molecule has 20 heavy (non-hydrogen) atoms. The van der Waals surface area contributed by atoms with Crippen molar-refractivity contribution in [1.82, 2.24) is 14.7 Å². The maximum Gasteiger partial charge on any atom is 0.228 e. The maximum atomic E-state index is 12.5. The fraction of sp³-hybridized carbons (Fsp3) is 0.867. The fourth-order valence-electron chi connectivity index (χ4n) is 3.06. The topological polar surface area (TPSA) is 43.9 Å². The van der Waals surface area contributed by atoms with Crippen LogP contribution in [0, 0.1) is 5.92 Å². The van der Waals surface area contributed by atoms with Gasteiger partial charge < -0.3 is 14.7 Å². The van der Waals surface area contributed by atoms with Gasteiger partial charge in [-0.2, -0.15) is 0 Å². The largest absolute Gasteiger partial charge is 0.340 e. The Morgan fingerprint density at radius 2 is 1.80 bits per heavy atom. The summed E-state index contributed by atoms with van der Waals surface area (Å²) in [4.78, 5) is 30.7. The van der Waals surface area contributed by atoms with Crippen LogP contribution in [0.25, 0.3) is 0 Å². The highest BCUT2D eigenvalue weighted by Crippen LogP contribution is 2.27. The molecule has 2 aliphatic heterocycles. The first-order valence-corrected chi connectivity index (χ1v) is 7.64. The first kappa shape index (κ1) is 15.3. The zero-order valence-electron chi connectivity index (χ0n) is 13.2. The van der Waals surface area contributed by atoms with Crippen molar-refractivity contribution in [1.29, 1.82) is 0 Å². The van der Waals surface area contributed by atoms with Crippen LogP contribution in [0.1, 0.15) is 34.1 Å². The minimum Gasteiger partial charge on any atom is -0.340 e. The number of nitrogens with zero attached hydrogens (tertiary/aromatic N) is 3. The number of amides is 2. The molecular weight excluding hydrogens is 254 g/mol. The Labute approximate surface area is 121 Å². The third-order valence-corrected chi connectivity index (χ3v) is 4.42. The molecular formula is C15H27N3O2. The van der Waals surface area contributed by atoms with Gasteiger partial charge in [0, 0.05) is 44.7 Å². The monoisotopic (exact) mass is 281 g/mol. The van der Waals surface area contributed by atoms with Crippen LogP contribution in [-0.4, -0.2) is 71.3 Å². The highest BCUT2D eigenvalue weighted by atomic mass is 16.2. The molecule has 5 heteroatoms. The van der Waals surface area contributed by atoms with Gasteiger partial charge in [-0.15, -0.1) is 0 Å². The van der Waals surface area contributed by atoms with Gasteiger partial charge in [0.15, 0.2) is 0 Å². The van der Waals surface area contributed by atoms with Crippen LogP contribution in [0.2, 0.25) is 0 Å². The first-order chi connectivity index (χ1) is 9.32. The molecule has 0 N–H and O–H groups in total. The van der Waals surface area contributed by atoms with E-state index in [0.717, 1.165) is 32.7 Å². The zero-order chi connectivity index (χ0) is 14.9. The SMILES string of the molecule is CCN1CCN(C(=O)C2CC(=O)N(C(C)(C)C)C2)CC1. The highest BCUT2D eigenvalue weighted by molar-refractivity contribution is 5.89. The number of likely N-dealkylation sites (N-methyl/N-ethyl adjacent to an activating group) is 1. The average molecular weight is 281 g/mol. The van der Waals surface area contributed by atoms with Crippen LogP contribution in [0.3, 0.4) is 0 Å². The number of rotatable bonds is 2. The molecule has 114 valence electrons. The van der Waals surface area contributed by atoms with Gasteiger partial charge in [0.1, 0.15) is 0 Å². The summed E-state index contributed by atoms with van der Waals surface area (Å²) in [5.74, 6) is 0.138. The predicted molar refractivity (Wildman–Crippen MR) is 78.3 cm³/mol. The Bertz CT molecular complexity index is 381. The lowest BCUT2D eigenvalue weighted by molar-refractivity contribution is -0.137. The van der Waals surface area contributed by atoms with E-state index in [1.807, 2.05) is 30.6 Å². The van der Waals surface area contributed by atoms with Crippen molar-refractivity contribution >= 4 is 11.8 Å². The van der Waals surface area contributed by atoms with Gasteiger partial charge in [0.2, 0.25) is 11.8 Å². The van der Waals surface area contributed by atoms with E-state index in [4.69, 9.17) is 0 Å². The Morgan fingerprint density at radius 3 is 2.25 bits per heavy atom. The van der Waals surface area contributed by atoms with E-state index in [0.29, 0.717) is 13.0 Å². The molecule has 2 saturated heterocycles. The Kier molecular flexibility index (Phi) is 4.37.